The molecule has 1 aliphatic rings. The minimum atomic E-state index is 0.657. The molecule has 3 heteroatoms. The van der Waals surface area contributed by atoms with Crippen molar-refractivity contribution in [2.24, 2.45) is 5.92 Å². The maximum Gasteiger partial charge on any atom is 0.0589 e. The molecule has 0 bridgehead atoms. The maximum absolute atomic E-state index is 5.20. The van der Waals surface area contributed by atoms with Crippen LogP contribution in [0.5, 0.6) is 0 Å². The van der Waals surface area contributed by atoms with Gasteiger partial charge in [-0.15, -0.1) is 0 Å². The number of rotatable bonds is 7. The summed E-state index contributed by atoms with van der Waals surface area (Å²) in [6, 6.07) is 1.33. The molecule has 16 heavy (non-hydrogen) atoms. The van der Waals surface area contributed by atoms with E-state index in [-0.39, 0.29) is 0 Å². The first-order valence-electron chi connectivity index (χ1n) is 6.65. The lowest BCUT2D eigenvalue weighted by atomic mass is 10.0. The first kappa shape index (κ1) is 13.9. The van der Waals surface area contributed by atoms with E-state index >= 15 is 0 Å². The molecular weight excluding hydrogens is 200 g/mol. The van der Waals surface area contributed by atoms with Crippen molar-refractivity contribution in [3.05, 3.63) is 0 Å². The van der Waals surface area contributed by atoms with E-state index in [2.05, 4.69) is 31.0 Å². The third-order valence-electron chi connectivity index (χ3n) is 3.92. The summed E-state index contributed by atoms with van der Waals surface area (Å²) in [6.45, 7) is 11.2. The van der Waals surface area contributed by atoms with Crippen molar-refractivity contribution >= 4 is 0 Å². The van der Waals surface area contributed by atoms with Crippen molar-refractivity contribution in [1.82, 2.24) is 10.2 Å². The van der Waals surface area contributed by atoms with Crippen LogP contribution in [0.25, 0.3) is 0 Å². The predicted octanol–water partition coefficient (Wildman–Crippen LogP) is 1.73. The lowest BCUT2D eigenvalue weighted by Crippen LogP contribution is -2.45. The Bertz CT molecular complexity index is 187. The topological polar surface area (TPSA) is 24.5 Å². The zero-order valence-electron chi connectivity index (χ0n) is 11.3. The average Bonchev–Trinajstić information content (AvgIpc) is 2.69. The van der Waals surface area contributed by atoms with E-state index in [9.17, 15) is 0 Å². The minimum Gasteiger partial charge on any atom is -0.383 e. The highest BCUT2D eigenvalue weighted by molar-refractivity contribution is 4.84. The molecule has 3 unspecified atom stereocenters. The second kappa shape index (κ2) is 7.25. The Hall–Kier alpha value is -0.120. The molecule has 0 aliphatic carbocycles. The zero-order chi connectivity index (χ0) is 12.0. The minimum absolute atomic E-state index is 0.657. The molecule has 1 heterocycles. The maximum atomic E-state index is 5.20. The predicted molar refractivity (Wildman–Crippen MR) is 68.8 cm³/mol. The molecule has 0 spiro atoms. The van der Waals surface area contributed by atoms with Crippen molar-refractivity contribution in [3.63, 3.8) is 0 Å². The Morgan fingerprint density at radius 1 is 1.50 bits per heavy atom. The fraction of sp³-hybridized carbons (Fsp3) is 1.00. The molecule has 3 nitrogen and oxygen atoms in total. The van der Waals surface area contributed by atoms with Crippen LogP contribution in [0.15, 0.2) is 0 Å². The van der Waals surface area contributed by atoms with E-state index in [0.29, 0.717) is 12.1 Å². The highest BCUT2D eigenvalue weighted by Crippen LogP contribution is 2.17. The number of hydrogen-bond donors (Lipinski definition) is 1. The van der Waals surface area contributed by atoms with E-state index in [1.807, 2.05) is 0 Å². The fourth-order valence-electron chi connectivity index (χ4n) is 2.35. The Morgan fingerprint density at radius 2 is 2.25 bits per heavy atom. The van der Waals surface area contributed by atoms with Gasteiger partial charge in [0.05, 0.1) is 6.61 Å². The number of nitrogens with zero attached hydrogens (tertiary/aromatic N) is 1. The van der Waals surface area contributed by atoms with Gasteiger partial charge in [-0.25, -0.2) is 0 Å². The molecule has 96 valence electrons. The second-order valence-electron chi connectivity index (χ2n) is 5.07. The summed E-state index contributed by atoms with van der Waals surface area (Å²) in [7, 11) is 1.78. The smallest absolute Gasteiger partial charge is 0.0589 e. The highest BCUT2D eigenvalue weighted by atomic mass is 16.5. The summed E-state index contributed by atoms with van der Waals surface area (Å²) < 4.78 is 5.20. The number of hydrogen-bond acceptors (Lipinski definition) is 3. The molecule has 1 rings (SSSR count). The first-order valence-corrected chi connectivity index (χ1v) is 6.65. The van der Waals surface area contributed by atoms with Crippen LogP contribution in [0.2, 0.25) is 0 Å². The van der Waals surface area contributed by atoms with E-state index in [1.54, 1.807) is 7.11 Å². The van der Waals surface area contributed by atoms with Gasteiger partial charge in [0.2, 0.25) is 0 Å². The third-order valence-corrected chi connectivity index (χ3v) is 3.92. The molecule has 0 aromatic heterocycles. The first-order chi connectivity index (χ1) is 7.69. The van der Waals surface area contributed by atoms with Crippen LogP contribution >= 0.6 is 0 Å². The number of ether oxygens (including phenoxy) is 1. The van der Waals surface area contributed by atoms with Crippen molar-refractivity contribution in [1.29, 1.82) is 0 Å². The third kappa shape index (κ3) is 4.04. The van der Waals surface area contributed by atoms with E-state index in [4.69, 9.17) is 4.74 Å². The summed E-state index contributed by atoms with van der Waals surface area (Å²) in [5.41, 5.74) is 0. The van der Waals surface area contributed by atoms with Crippen molar-refractivity contribution in [3.8, 4) is 0 Å². The van der Waals surface area contributed by atoms with E-state index in [1.165, 1.54) is 25.9 Å². The lowest BCUT2D eigenvalue weighted by molar-refractivity contribution is 0.112. The van der Waals surface area contributed by atoms with Crippen LogP contribution in [0.1, 0.15) is 33.6 Å². The van der Waals surface area contributed by atoms with Gasteiger partial charge in [0.1, 0.15) is 0 Å². The number of nitrogens with one attached hydrogen (secondary N) is 1. The van der Waals surface area contributed by atoms with Gasteiger partial charge in [-0.3, -0.25) is 4.90 Å². The van der Waals surface area contributed by atoms with Gasteiger partial charge in [-0.1, -0.05) is 13.8 Å². The van der Waals surface area contributed by atoms with Crippen LogP contribution in [0, 0.1) is 5.92 Å². The summed E-state index contributed by atoms with van der Waals surface area (Å²) in [4.78, 5) is 2.56. The molecule has 0 amide bonds. The summed E-state index contributed by atoms with van der Waals surface area (Å²) in [5.74, 6) is 0.814. The van der Waals surface area contributed by atoms with Gasteiger partial charge in [-0.05, 0) is 32.2 Å². The van der Waals surface area contributed by atoms with Crippen LogP contribution in [0.4, 0.5) is 0 Å². The Balaban J connectivity index is 2.41. The summed E-state index contributed by atoms with van der Waals surface area (Å²) in [6.07, 6.45) is 2.54. The average molecular weight is 228 g/mol. The van der Waals surface area contributed by atoms with Gasteiger partial charge in [0.25, 0.3) is 0 Å². The van der Waals surface area contributed by atoms with Gasteiger partial charge in [0.15, 0.2) is 0 Å². The van der Waals surface area contributed by atoms with Crippen LogP contribution in [-0.4, -0.2) is 50.3 Å². The highest BCUT2D eigenvalue weighted by Gasteiger charge is 2.26. The van der Waals surface area contributed by atoms with Gasteiger partial charge in [-0.2, -0.15) is 0 Å². The number of methoxy groups -OCH3 is 1. The molecule has 3 atom stereocenters. The monoisotopic (exact) mass is 228 g/mol. The molecule has 0 radical (unpaired) electrons. The van der Waals surface area contributed by atoms with Crippen LogP contribution in [0.3, 0.4) is 0 Å². The molecule has 1 aliphatic heterocycles. The van der Waals surface area contributed by atoms with E-state index in [0.717, 1.165) is 19.1 Å². The Kier molecular flexibility index (Phi) is 6.32. The van der Waals surface area contributed by atoms with E-state index < -0.39 is 0 Å². The normalized spacial score (nSPS) is 27.6. The van der Waals surface area contributed by atoms with Crippen molar-refractivity contribution in [2.75, 3.05) is 33.4 Å². The summed E-state index contributed by atoms with van der Waals surface area (Å²) >= 11 is 0. The molecule has 1 saturated heterocycles. The molecule has 0 aromatic rings. The van der Waals surface area contributed by atoms with Gasteiger partial charge >= 0.3 is 0 Å². The van der Waals surface area contributed by atoms with Crippen LogP contribution < -0.4 is 5.32 Å². The van der Waals surface area contributed by atoms with Crippen LogP contribution in [-0.2, 0) is 4.74 Å². The molecule has 1 fully saturated rings. The largest absolute Gasteiger partial charge is 0.383 e. The standard InChI is InChI=1S/C13H28N2O/c1-5-12(3)15(8-9-16-4)10-13-11(2)6-7-14-13/h11-14H,5-10H2,1-4H3. The Labute approximate surface area is 101 Å². The fourth-order valence-corrected chi connectivity index (χ4v) is 2.35. The Morgan fingerprint density at radius 3 is 2.75 bits per heavy atom. The zero-order valence-corrected chi connectivity index (χ0v) is 11.3. The lowest BCUT2D eigenvalue weighted by Gasteiger charge is -2.32. The molecule has 1 N–H and O–H groups in total. The molecule has 0 saturated carbocycles. The molecule has 0 aromatic carbocycles. The quantitative estimate of drug-likeness (QED) is 0.718. The SMILES string of the molecule is CCC(C)N(CCOC)CC1NCCC1C. The van der Waals surface area contributed by atoms with Crippen molar-refractivity contribution < 1.29 is 4.74 Å². The van der Waals surface area contributed by atoms with Crippen molar-refractivity contribution in [2.45, 2.75) is 45.7 Å². The summed E-state index contributed by atoms with van der Waals surface area (Å²) in [5, 5.41) is 3.61. The second-order valence-corrected chi connectivity index (χ2v) is 5.07. The van der Waals surface area contributed by atoms with Gasteiger partial charge in [0, 0.05) is 32.3 Å². The van der Waals surface area contributed by atoms with Gasteiger partial charge < -0.3 is 10.1 Å². The molecular formula is C13H28N2O.